The molecule has 3 heterocycles. The number of pyridine rings is 1. The highest BCUT2D eigenvalue weighted by Crippen LogP contribution is 2.23. The van der Waals surface area contributed by atoms with Gasteiger partial charge in [-0.15, -0.1) is 0 Å². The molecular formula is C22H25N3O2. The quantitative estimate of drug-likeness (QED) is 0.713. The number of piperidine rings is 1. The Kier molecular flexibility index (Phi) is 4.84. The minimum absolute atomic E-state index is 0.149. The van der Waals surface area contributed by atoms with Crippen LogP contribution in [0.5, 0.6) is 5.75 Å². The second kappa shape index (κ2) is 7.43. The van der Waals surface area contributed by atoms with E-state index in [-0.39, 0.29) is 12.0 Å². The molecule has 0 bridgehead atoms. The number of carbonyl (C=O) groups is 1. The predicted molar refractivity (Wildman–Crippen MR) is 106 cm³/mol. The van der Waals surface area contributed by atoms with E-state index in [2.05, 4.69) is 27.9 Å². The minimum atomic E-state index is 0.149. The number of hydrogen-bond donors (Lipinski definition) is 0. The fraction of sp³-hybridized carbons (Fsp3) is 0.364. The molecule has 1 aromatic carbocycles. The molecule has 1 aliphatic heterocycles. The molecule has 1 fully saturated rings. The Bertz CT molecular complexity index is 938. The molecule has 140 valence electrons. The maximum Gasteiger partial charge on any atom is 0.227 e. The summed E-state index contributed by atoms with van der Waals surface area (Å²) in [6, 6.07) is 12.2. The molecule has 1 amide bonds. The van der Waals surface area contributed by atoms with Crippen LogP contribution in [0.25, 0.3) is 10.9 Å². The molecule has 0 N–H and O–H groups in total. The molecule has 0 spiro atoms. The van der Waals surface area contributed by atoms with E-state index in [0.29, 0.717) is 6.42 Å². The Morgan fingerprint density at radius 3 is 2.70 bits per heavy atom. The number of nitrogens with zero attached hydrogens (tertiary/aromatic N) is 3. The summed E-state index contributed by atoms with van der Waals surface area (Å²) in [6.45, 7) is 3.45. The van der Waals surface area contributed by atoms with Crippen molar-refractivity contribution >= 4 is 16.8 Å². The van der Waals surface area contributed by atoms with E-state index in [0.717, 1.165) is 42.9 Å². The molecule has 3 aromatic rings. The van der Waals surface area contributed by atoms with Crippen molar-refractivity contribution in [1.82, 2.24) is 14.5 Å². The first kappa shape index (κ1) is 17.6. The Hall–Kier alpha value is -2.82. The molecule has 27 heavy (non-hydrogen) atoms. The third-order valence-corrected chi connectivity index (χ3v) is 5.30. The number of likely N-dealkylation sites (tertiary alicyclic amines) is 1. The fourth-order valence-electron chi connectivity index (χ4n) is 3.78. The van der Waals surface area contributed by atoms with Crippen LogP contribution in [0.15, 0.2) is 48.8 Å². The molecule has 0 aliphatic carbocycles. The van der Waals surface area contributed by atoms with Crippen LogP contribution < -0.4 is 4.74 Å². The van der Waals surface area contributed by atoms with Gasteiger partial charge in [0.05, 0.1) is 12.6 Å². The summed E-state index contributed by atoms with van der Waals surface area (Å²) in [7, 11) is 2.03. The molecule has 0 unspecified atom stereocenters. The van der Waals surface area contributed by atoms with E-state index >= 15 is 0 Å². The van der Waals surface area contributed by atoms with Crippen molar-refractivity contribution in [1.29, 1.82) is 0 Å². The maximum atomic E-state index is 12.8. The van der Waals surface area contributed by atoms with Gasteiger partial charge in [-0.1, -0.05) is 18.2 Å². The van der Waals surface area contributed by atoms with E-state index in [9.17, 15) is 4.79 Å². The normalized spacial score (nSPS) is 15.3. The minimum Gasteiger partial charge on any atom is -0.489 e. The summed E-state index contributed by atoms with van der Waals surface area (Å²) in [6.07, 6.45) is 6.16. The van der Waals surface area contributed by atoms with Gasteiger partial charge in [0.25, 0.3) is 0 Å². The van der Waals surface area contributed by atoms with Gasteiger partial charge in [-0.05, 0) is 30.7 Å². The SMILES string of the molecule is Cc1ccc(OC2CCN(C(=O)Cc3cn(C)c4ccccc34)CC2)cn1. The summed E-state index contributed by atoms with van der Waals surface area (Å²) in [5.41, 5.74) is 3.25. The number of para-hydroxylation sites is 1. The number of aryl methyl sites for hydroxylation is 2. The van der Waals surface area contributed by atoms with Gasteiger partial charge in [0.15, 0.2) is 0 Å². The number of aromatic nitrogens is 2. The Morgan fingerprint density at radius 1 is 1.19 bits per heavy atom. The molecule has 0 saturated carbocycles. The molecule has 5 heteroatoms. The number of ether oxygens (including phenoxy) is 1. The van der Waals surface area contributed by atoms with Gasteiger partial charge in [-0.2, -0.15) is 0 Å². The van der Waals surface area contributed by atoms with Crippen LogP contribution in [0, 0.1) is 6.92 Å². The largest absolute Gasteiger partial charge is 0.489 e. The van der Waals surface area contributed by atoms with Crippen molar-refractivity contribution in [2.45, 2.75) is 32.3 Å². The number of amides is 1. The smallest absolute Gasteiger partial charge is 0.227 e. The summed E-state index contributed by atoms with van der Waals surface area (Å²) in [4.78, 5) is 19.0. The van der Waals surface area contributed by atoms with E-state index in [1.165, 1.54) is 10.9 Å². The van der Waals surface area contributed by atoms with Gasteiger partial charge in [0.2, 0.25) is 5.91 Å². The van der Waals surface area contributed by atoms with Crippen LogP contribution in [-0.2, 0) is 18.3 Å². The molecule has 1 saturated heterocycles. The average Bonchev–Trinajstić information content (AvgIpc) is 3.00. The lowest BCUT2D eigenvalue weighted by atomic mass is 10.1. The third kappa shape index (κ3) is 3.82. The molecule has 0 radical (unpaired) electrons. The molecule has 1 aliphatic rings. The molecule has 0 atom stereocenters. The summed E-state index contributed by atoms with van der Waals surface area (Å²) in [5, 5.41) is 1.17. The zero-order valence-electron chi connectivity index (χ0n) is 15.9. The van der Waals surface area contributed by atoms with Gasteiger partial charge in [-0.25, -0.2) is 0 Å². The van der Waals surface area contributed by atoms with Crippen molar-refractivity contribution in [3.8, 4) is 5.75 Å². The highest BCUT2D eigenvalue weighted by atomic mass is 16.5. The first-order valence-electron chi connectivity index (χ1n) is 9.50. The van der Waals surface area contributed by atoms with Crippen LogP contribution >= 0.6 is 0 Å². The number of benzene rings is 1. The van der Waals surface area contributed by atoms with Crippen molar-refractivity contribution < 1.29 is 9.53 Å². The maximum absolute atomic E-state index is 12.8. The summed E-state index contributed by atoms with van der Waals surface area (Å²) < 4.78 is 8.10. The van der Waals surface area contributed by atoms with E-state index < -0.39 is 0 Å². The highest BCUT2D eigenvalue weighted by molar-refractivity contribution is 5.89. The number of hydrogen-bond acceptors (Lipinski definition) is 3. The van der Waals surface area contributed by atoms with Crippen LogP contribution in [0.4, 0.5) is 0 Å². The summed E-state index contributed by atoms with van der Waals surface area (Å²) >= 11 is 0. The molecule has 2 aromatic heterocycles. The first-order chi connectivity index (χ1) is 13.1. The Morgan fingerprint density at radius 2 is 1.96 bits per heavy atom. The highest BCUT2D eigenvalue weighted by Gasteiger charge is 2.24. The Labute approximate surface area is 159 Å². The topological polar surface area (TPSA) is 47.4 Å². The van der Waals surface area contributed by atoms with Gasteiger partial charge in [-0.3, -0.25) is 9.78 Å². The van der Waals surface area contributed by atoms with Crippen molar-refractivity contribution in [2.75, 3.05) is 13.1 Å². The van der Waals surface area contributed by atoms with Crippen molar-refractivity contribution in [3.63, 3.8) is 0 Å². The molecule has 5 nitrogen and oxygen atoms in total. The zero-order valence-corrected chi connectivity index (χ0v) is 15.9. The fourth-order valence-corrected chi connectivity index (χ4v) is 3.78. The van der Waals surface area contributed by atoms with Crippen LogP contribution in [-0.4, -0.2) is 39.6 Å². The molecular weight excluding hydrogens is 338 g/mol. The number of carbonyl (C=O) groups excluding carboxylic acids is 1. The Balaban J connectivity index is 1.35. The van der Waals surface area contributed by atoms with E-state index in [1.807, 2.05) is 43.1 Å². The predicted octanol–water partition coefficient (Wildman–Crippen LogP) is 3.49. The van der Waals surface area contributed by atoms with Crippen LogP contribution in [0.1, 0.15) is 24.1 Å². The standard InChI is InChI=1S/C22H25N3O2/c1-16-7-8-19(14-23-16)27-18-9-11-25(12-10-18)22(26)13-17-15-24(2)21-6-4-3-5-20(17)21/h3-8,14-15,18H,9-13H2,1-2H3. The second-order valence-corrected chi connectivity index (χ2v) is 7.29. The van der Waals surface area contributed by atoms with E-state index in [1.54, 1.807) is 6.20 Å². The lowest BCUT2D eigenvalue weighted by Crippen LogP contribution is -2.42. The average molecular weight is 363 g/mol. The second-order valence-electron chi connectivity index (χ2n) is 7.29. The van der Waals surface area contributed by atoms with Gasteiger partial charge in [0.1, 0.15) is 11.9 Å². The van der Waals surface area contributed by atoms with Gasteiger partial charge < -0.3 is 14.2 Å². The number of rotatable bonds is 4. The van der Waals surface area contributed by atoms with Crippen LogP contribution in [0.3, 0.4) is 0 Å². The lowest BCUT2D eigenvalue weighted by molar-refractivity contribution is -0.132. The zero-order chi connectivity index (χ0) is 18.8. The van der Waals surface area contributed by atoms with Crippen LogP contribution in [0.2, 0.25) is 0 Å². The van der Waals surface area contributed by atoms with Gasteiger partial charge in [0, 0.05) is 55.8 Å². The molecule has 4 rings (SSSR count). The number of fused-ring (bicyclic) bond motifs is 1. The van der Waals surface area contributed by atoms with E-state index in [4.69, 9.17) is 4.74 Å². The monoisotopic (exact) mass is 363 g/mol. The third-order valence-electron chi connectivity index (χ3n) is 5.30. The van der Waals surface area contributed by atoms with Crippen molar-refractivity contribution in [3.05, 3.63) is 60.0 Å². The van der Waals surface area contributed by atoms with Gasteiger partial charge >= 0.3 is 0 Å². The first-order valence-corrected chi connectivity index (χ1v) is 9.50. The van der Waals surface area contributed by atoms with Crippen molar-refractivity contribution in [2.24, 2.45) is 7.05 Å². The summed E-state index contributed by atoms with van der Waals surface area (Å²) in [5.74, 6) is 1.00. The lowest BCUT2D eigenvalue weighted by Gasteiger charge is -2.32.